The van der Waals surface area contributed by atoms with Crippen LogP contribution in [0.5, 0.6) is 5.75 Å². The Labute approximate surface area is 124 Å². The molecule has 0 saturated heterocycles. The van der Waals surface area contributed by atoms with Gasteiger partial charge in [-0.15, -0.1) is 21.5 Å². The van der Waals surface area contributed by atoms with E-state index in [9.17, 15) is 0 Å². The van der Waals surface area contributed by atoms with Crippen molar-refractivity contribution in [3.05, 3.63) is 39.8 Å². The van der Waals surface area contributed by atoms with Gasteiger partial charge in [0.1, 0.15) is 15.8 Å². The van der Waals surface area contributed by atoms with Crippen LogP contribution in [0.15, 0.2) is 24.3 Å². The quantitative estimate of drug-likeness (QED) is 0.760. The average molecular weight is 291 g/mol. The van der Waals surface area contributed by atoms with Crippen LogP contribution in [0, 0.1) is 0 Å². The first-order valence-electron chi connectivity index (χ1n) is 6.97. The summed E-state index contributed by atoms with van der Waals surface area (Å²) in [7, 11) is 1.70. The lowest BCUT2D eigenvalue weighted by Crippen LogP contribution is -2.17. The highest BCUT2D eigenvalue weighted by Crippen LogP contribution is 2.22. The Hall–Kier alpha value is -1.46. The first-order valence-corrected chi connectivity index (χ1v) is 7.79. The molecule has 2 aromatic rings. The van der Waals surface area contributed by atoms with Crippen LogP contribution in [0.1, 0.15) is 28.9 Å². The number of aromatic nitrogens is 2. The fourth-order valence-electron chi connectivity index (χ4n) is 1.97. The van der Waals surface area contributed by atoms with E-state index < -0.39 is 0 Å². The monoisotopic (exact) mass is 291 g/mol. The molecule has 0 aliphatic rings. The number of methoxy groups -OCH3 is 1. The summed E-state index contributed by atoms with van der Waals surface area (Å²) in [6, 6.07) is 8.05. The van der Waals surface area contributed by atoms with Gasteiger partial charge in [0.25, 0.3) is 0 Å². The lowest BCUT2D eigenvalue weighted by Gasteiger charge is -2.05. The fourth-order valence-corrected chi connectivity index (χ4v) is 2.84. The van der Waals surface area contributed by atoms with Crippen LogP contribution < -0.4 is 10.1 Å². The third-order valence-corrected chi connectivity index (χ3v) is 3.97. The van der Waals surface area contributed by atoms with Gasteiger partial charge in [-0.2, -0.15) is 0 Å². The molecule has 0 fully saturated rings. The molecule has 0 bridgehead atoms. The highest BCUT2D eigenvalue weighted by Gasteiger charge is 2.08. The molecule has 108 valence electrons. The van der Waals surface area contributed by atoms with E-state index in [1.807, 2.05) is 18.2 Å². The van der Waals surface area contributed by atoms with Crippen molar-refractivity contribution in [2.75, 3.05) is 20.2 Å². The zero-order valence-electron chi connectivity index (χ0n) is 12.1. The Morgan fingerprint density at radius 2 is 1.95 bits per heavy atom. The summed E-state index contributed by atoms with van der Waals surface area (Å²) in [6.45, 7) is 4.20. The number of hydrogen-bond donors (Lipinski definition) is 1. The number of rotatable bonds is 8. The molecule has 2 rings (SSSR count). The standard InChI is InChI=1S/C15H21N3OS/c1-3-9-16-10-8-14-17-18-15(20-14)11-12-6-4-5-7-13(12)19-2/h4-7,16H,3,8-11H2,1-2H3. The Morgan fingerprint density at radius 3 is 2.75 bits per heavy atom. The highest BCUT2D eigenvalue weighted by atomic mass is 32.1. The van der Waals surface area contributed by atoms with Crippen LogP contribution in [0.3, 0.4) is 0 Å². The van der Waals surface area contributed by atoms with E-state index in [1.54, 1.807) is 18.4 Å². The minimum absolute atomic E-state index is 0.782. The fraction of sp³-hybridized carbons (Fsp3) is 0.467. The van der Waals surface area contributed by atoms with Gasteiger partial charge in [0.05, 0.1) is 7.11 Å². The van der Waals surface area contributed by atoms with E-state index in [4.69, 9.17) is 4.74 Å². The Bertz CT molecular complexity index is 527. The summed E-state index contributed by atoms with van der Waals surface area (Å²) in [6.07, 6.45) is 2.89. The molecule has 0 aliphatic carbocycles. The summed E-state index contributed by atoms with van der Waals surface area (Å²) in [5.74, 6) is 0.911. The van der Waals surface area contributed by atoms with Crippen LogP contribution in [0.4, 0.5) is 0 Å². The van der Waals surface area contributed by atoms with Gasteiger partial charge in [0.15, 0.2) is 0 Å². The van der Waals surface area contributed by atoms with Gasteiger partial charge in [-0.3, -0.25) is 0 Å². The second kappa shape index (κ2) is 7.97. The normalized spacial score (nSPS) is 10.7. The van der Waals surface area contributed by atoms with Crippen LogP contribution in [0.2, 0.25) is 0 Å². The Kier molecular flexibility index (Phi) is 5.95. The minimum atomic E-state index is 0.782. The molecule has 1 heterocycles. The van der Waals surface area contributed by atoms with E-state index in [-0.39, 0.29) is 0 Å². The maximum Gasteiger partial charge on any atom is 0.122 e. The number of para-hydroxylation sites is 1. The van der Waals surface area contributed by atoms with Crippen molar-refractivity contribution in [1.29, 1.82) is 0 Å². The Morgan fingerprint density at radius 1 is 1.15 bits per heavy atom. The zero-order valence-corrected chi connectivity index (χ0v) is 12.9. The third-order valence-electron chi connectivity index (χ3n) is 2.99. The predicted octanol–water partition coefficient (Wildman–Crippen LogP) is 2.68. The minimum Gasteiger partial charge on any atom is -0.496 e. The summed E-state index contributed by atoms with van der Waals surface area (Å²) < 4.78 is 5.36. The van der Waals surface area contributed by atoms with Crippen LogP contribution in [0.25, 0.3) is 0 Å². The topological polar surface area (TPSA) is 47.0 Å². The maximum absolute atomic E-state index is 5.36. The summed E-state index contributed by atoms with van der Waals surface area (Å²) in [5.41, 5.74) is 1.15. The smallest absolute Gasteiger partial charge is 0.122 e. The van der Waals surface area contributed by atoms with Crippen molar-refractivity contribution in [1.82, 2.24) is 15.5 Å². The molecule has 0 saturated carbocycles. The lowest BCUT2D eigenvalue weighted by molar-refractivity contribution is 0.410. The second-order valence-electron chi connectivity index (χ2n) is 4.58. The molecule has 1 aromatic carbocycles. The number of hydrogen-bond acceptors (Lipinski definition) is 5. The molecule has 20 heavy (non-hydrogen) atoms. The Balaban J connectivity index is 1.92. The van der Waals surface area contributed by atoms with Crippen LogP contribution in [-0.2, 0) is 12.8 Å². The molecule has 0 radical (unpaired) electrons. The average Bonchev–Trinajstić information content (AvgIpc) is 2.92. The van der Waals surface area contributed by atoms with Gasteiger partial charge in [-0.1, -0.05) is 25.1 Å². The lowest BCUT2D eigenvalue weighted by atomic mass is 10.1. The molecule has 0 atom stereocenters. The van der Waals surface area contributed by atoms with Gasteiger partial charge >= 0.3 is 0 Å². The number of nitrogens with one attached hydrogen (secondary N) is 1. The van der Waals surface area contributed by atoms with E-state index in [0.29, 0.717) is 0 Å². The molecule has 0 unspecified atom stereocenters. The SMILES string of the molecule is CCCNCCc1nnc(Cc2ccccc2OC)s1. The first-order chi connectivity index (χ1) is 9.83. The highest BCUT2D eigenvalue weighted by molar-refractivity contribution is 7.11. The van der Waals surface area contributed by atoms with Crippen LogP contribution >= 0.6 is 11.3 Å². The van der Waals surface area contributed by atoms with Crippen molar-refractivity contribution in [2.45, 2.75) is 26.2 Å². The van der Waals surface area contributed by atoms with E-state index in [1.165, 1.54) is 0 Å². The van der Waals surface area contributed by atoms with E-state index in [0.717, 1.165) is 53.7 Å². The predicted molar refractivity (Wildman–Crippen MR) is 82.6 cm³/mol. The molecular weight excluding hydrogens is 270 g/mol. The van der Waals surface area contributed by atoms with Gasteiger partial charge in [-0.05, 0) is 19.0 Å². The molecule has 1 N–H and O–H groups in total. The number of benzene rings is 1. The maximum atomic E-state index is 5.36. The molecule has 1 aromatic heterocycles. The molecular formula is C15H21N3OS. The van der Waals surface area contributed by atoms with Gasteiger partial charge in [-0.25, -0.2) is 0 Å². The van der Waals surface area contributed by atoms with E-state index >= 15 is 0 Å². The molecule has 0 amide bonds. The van der Waals surface area contributed by atoms with Gasteiger partial charge < -0.3 is 10.1 Å². The number of nitrogens with zero attached hydrogens (tertiary/aromatic N) is 2. The molecule has 0 aliphatic heterocycles. The van der Waals surface area contributed by atoms with Gasteiger partial charge in [0.2, 0.25) is 0 Å². The van der Waals surface area contributed by atoms with Crippen molar-refractivity contribution in [3.63, 3.8) is 0 Å². The van der Waals surface area contributed by atoms with Crippen LogP contribution in [-0.4, -0.2) is 30.4 Å². The zero-order chi connectivity index (χ0) is 14.2. The number of ether oxygens (including phenoxy) is 1. The second-order valence-corrected chi connectivity index (χ2v) is 5.72. The largest absolute Gasteiger partial charge is 0.496 e. The molecule has 4 nitrogen and oxygen atoms in total. The summed E-state index contributed by atoms with van der Waals surface area (Å²) >= 11 is 1.69. The van der Waals surface area contributed by atoms with Crippen molar-refractivity contribution < 1.29 is 4.74 Å². The summed E-state index contributed by atoms with van der Waals surface area (Å²) in [4.78, 5) is 0. The summed E-state index contributed by atoms with van der Waals surface area (Å²) in [5, 5.41) is 14.0. The van der Waals surface area contributed by atoms with Crippen molar-refractivity contribution >= 4 is 11.3 Å². The van der Waals surface area contributed by atoms with Crippen molar-refractivity contribution in [2.24, 2.45) is 0 Å². The van der Waals surface area contributed by atoms with Crippen molar-refractivity contribution in [3.8, 4) is 5.75 Å². The molecule has 5 heteroatoms. The first kappa shape index (κ1) is 14.9. The van der Waals surface area contributed by atoms with E-state index in [2.05, 4.69) is 28.5 Å². The molecule has 0 spiro atoms. The third kappa shape index (κ3) is 4.28. The van der Waals surface area contributed by atoms with Gasteiger partial charge in [0, 0.05) is 24.9 Å².